The molecule has 0 aromatic carbocycles. The average molecular weight is 283 g/mol. The van der Waals surface area contributed by atoms with Gasteiger partial charge in [-0.15, -0.1) is 0 Å². The van der Waals surface area contributed by atoms with Gasteiger partial charge in [0.25, 0.3) is 0 Å². The minimum Gasteiger partial charge on any atom is -0.307 e. The molecule has 0 spiro atoms. The summed E-state index contributed by atoms with van der Waals surface area (Å²) in [5, 5.41) is 3.25. The van der Waals surface area contributed by atoms with Crippen LogP contribution in [0.5, 0.6) is 0 Å². The third-order valence-corrected chi connectivity index (χ3v) is 3.31. The van der Waals surface area contributed by atoms with Gasteiger partial charge in [-0.05, 0) is 46.9 Å². The molecular formula is C12H15BrN2O. The van der Waals surface area contributed by atoms with Gasteiger partial charge in [0.15, 0.2) is 5.78 Å². The molecule has 2 rings (SSSR count). The van der Waals surface area contributed by atoms with E-state index >= 15 is 0 Å². The van der Waals surface area contributed by atoms with Crippen LogP contribution in [0.2, 0.25) is 0 Å². The van der Waals surface area contributed by atoms with Crippen molar-refractivity contribution in [3.63, 3.8) is 0 Å². The summed E-state index contributed by atoms with van der Waals surface area (Å²) in [6.45, 7) is 3.11. The Balaban J connectivity index is 1.97. The highest BCUT2D eigenvalue weighted by Gasteiger charge is 2.26. The largest absolute Gasteiger partial charge is 0.307 e. The van der Waals surface area contributed by atoms with E-state index in [-0.39, 0.29) is 11.8 Å². The molecule has 1 aliphatic heterocycles. The average Bonchev–Trinajstić information content (AvgIpc) is 2.65. The number of pyridine rings is 1. The monoisotopic (exact) mass is 282 g/mol. The van der Waals surface area contributed by atoms with Crippen molar-refractivity contribution in [2.45, 2.75) is 25.8 Å². The molecular weight excluding hydrogens is 268 g/mol. The Morgan fingerprint density at radius 1 is 1.62 bits per heavy atom. The number of carbonyl (C=O) groups excluding carboxylic acids is 1. The van der Waals surface area contributed by atoms with E-state index < -0.39 is 0 Å². The molecule has 0 radical (unpaired) electrons. The summed E-state index contributed by atoms with van der Waals surface area (Å²) in [6, 6.07) is 5.69. The maximum absolute atomic E-state index is 12.0. The zero-order chi connectivity index (χ0) is 11.5. The summed E-state index contributed by atoms with van der Waals surface area (Å²) < 4.78 is 0.783. The number of halogens is 1. The molecule has 1 fully saturated rings. The number of aromatic nitrogens is 1. The molecule has 0 amide bonds. The lowest BCUT2D eigenvalue weighted by molar-refractivity contribution is -0.120. The van der Waals surface area contributed by atoms with Crippen LogP contribution < -0.4 is 5.32 Å². The second-order valence-corrected chi connectivity index (χ2v) is 5.21. The number of hydrogen-bond donors (Lipinski definition) is 1. The van der Waals surface area contributed by atoms with E-state index in [1.807, 2.05) is 18.2 Å². The van der Waals surface area contributed by atoms with Crippen LogP contribution in [0.25, 0.3) is 0 Å². The Bertz CT molecular complexity index is 394. The van der Waals surface area contributed by atoms with Crippen LogP contribution >= 0.6 is 15.9 Å². The first-order valence-electron chi connectivity index (χ1n) is 5.52. The first-order valence-corrected chi connectivity index (χ1v) is 6.32. The summed E-state index contributed by atoms with van der Waals surface area (Å²) in [6.07, 6.45) is 1.37. The topological polar surface area (TPSA) is 42.0 Å². The fourth-order valence-electron chi connectivity index (χ4n) is 2.01. The summed E-state index contributed by atoms with van der Waals surface area (Å²) in [7, 11) is 0. The lowest BCUT2D eigenvalue weighted by Gasteiger charge is -2.08. The number of nitrogens with zero attached hydrogens (tertiary/aromatic N) is 1. The zero-order valence-corrected chi connectivity index (χ0v) is 10.8. The van der Waals surface area contributed by atoms with Gasteiger partial charge in [-0.2, -0.15) is 0 Å². The minimum atomic E-state index is 0.0239. The number of nitrogens with one attached hydrogen (secondary N) is 1. The second-order valence-electron chi connectivity index (χ2n) is 4.40. The highest BCUT2D eigenvalue weighted by atomic mass is 79.9. The SMILES string of the molecule is C[C@H]1CN[C@H](C(=O)Cc2cccc(Br)n2)C1. The Hall–Kier alpha value is -0.740. The van der Waals surface area contributed by atoms with Gasteiger partial charge >= 0.3 is 0 Å². The number of carbonyl (C=O) groups is 1. The summed E-state index contributed by atoms with van der Waals surface area (Å²) in [4.78, 5) is 16.2. The number of Topliss-reactive ketones (excluding diaryl/α,β-unsaturated/α-hetero) is 1. The molecule has 2 heterocycles. The minimum absolute atomic E-state index is 0.0239. The van der Waals surface area contributed by atoms with E-state index in [2.05, 4.69) is 33.2 Å². The lowest BCUT2D eigenvalue weighted by atomic mass is 10.0. The Kier molecular flexibility index (Phi) is 3.71. The first kappa shape index (κ1) is 11.7. The molecule has 1 aromatic heterocycles. The van der Waals surface area contributed by atoms with Crippen molar-refractivity contribution in [1.82, 2.24) is 10.3 Å². The molecule has 1 aromatic rings. The number of rotatable bonds is 3. The van der Waals surface area contributed by atoms with Gasteiger partial charge in [-0.3, -0.25) is 4.79 Å². The predicted octanol–water partition coefficient (Wildman–Crippen LogP) is 1.95. The van der Waals surface area contributed by atoms with E-state index in [0.29, 0.717) is 12.3 Å². The van der Waals surface area contributed by atoms with Crippen LogP contribution in [0.15, 0.2) is 22.8 Å². The summed E-state index contributed by atoms with van der Waals surface area (Å²) in [5.41, 5.74) is 0.834. The smallest absolute Gasteiger partial charge is 0.155 e. The fraction of sp³-hybridized carbons (Fsp3) is 0.500. The van der Waals surface area contributed by atoms with Crippen molar-refractivity contribution >= 4 is 21.7 Å². The number of hydrogen-bond acceptors (Lipinski definition) is 3. The molecule has 86 valence electrons. The fourth-order valence-corrected chi connectivity index (χ4v) is 2.39. The van der Waals surface area contributed by atoms with Gasteiger partial charge in [0.1, 0.15) is 4.60 Å². The molecule has 1 N–H and O–H groups in total. The van der Waals surface area contributed by atoms with Crippen LogP contribution in [0.1, 0.15) is 19.0 Å². The molecule has 3 nitrogen and oxygen atoms in total. The molecule has 0 aliphatic carbocycles. The van der Waals surface area contributed by atoms with E-state index in [1.54, 1.807) is 0 Å². The van der Waals surface area contributed by atoms with E-state index in [9.17, 15) is 4.79 Å². The van der Waals surface area contributed by atoms with Crippen molar-refractivity contribution in [3.8, 4) is 0 Å². The molecule has 0 unspecified atom stereocenters. The molecule has 0 bridgehead atoms. The van der Waals surface area contributed by atoms with Crippen LogP contribution in [0, 0.1) is 5.92 Å². The molecule has 2 atom stereocenters. The van der Waals surface area contributed by atoms with Crippen molar-refractivity contribution in [3.05, 3.63) is 28.5 Å². The quantitative estimate of drug-likeness (QED) is 0.862. The van der Waals surface area contributed by atoms with E-state index in [4.69, 9.17) is 0 Å². The second kappa shape index (κ2) is 5.06. The van der Waals surface area contributed by atoms with Gasteiger partial charge in [0.2, 0.25) is 0 Å². The molecule has 4 heteroatoms. The van der Waals surface area contributed by atoms with Gasteiger partial charge in [0.05, 0.1) is 12.5 Å². The van der Waals surface area contributed by atoms with Crippen LogP contribution in [-0.4, -0.2) is 23.4 Å². The molecule has 1 saturated heterocycles. The number of ketones is 1. The van der Waals surface area contributed by atoms with Gasteiger partial charge in [-0.25, -0.2) is 4.98 Å². The Morgan fingerprint density at radius 2 is 2.44 bits per heavy atom. The zero-order valence-electron chi connectivity index (χ0n) is 9.24. The normalized spacial score (nSPS) is 24.6. The predicted molar refractivity (Wildman–Crippen MR) is 66.2 cm³/mol. The van der Waals surface area contributed by atoms with E-state index in [0.717, 1.165) is 23.3 Å². The van der Waals surface area contributed by atoms with Crippen LogP contribution in [0.4, 0.5) is 0 Å². The van der Waals surface area contributed by atoms with E-state index in [1.165, 1.54) is 0 Å². The molecule has 0 saturated carbocycles. The van der Waals surface area contributed by atoms with Crippen molar-refractivity contribution in [2.24, 2.45) is 5.92 Å². The highest BCUT2D eigenvalue weighted by molar-refractivity contribution is 9.10. The standard InChI is InChI=1S/C12H15BrN2O/c1-8-5-10(14-7-8)11(16)6-9-3-2-4-12(13)15-9/h2-4,8,10,14H,5-7H2,1H3/t8-,10+/m1/s1. The van der Waals surface area contributed by atoms with Gasteiger partial charge in [-0.1, -0.05) is 13.0 Å². The van der Waals surface area contributed by atoms with Gasteiger partial charge < -0.3 is 5.32 Å². The Morgan fingerprint density at radius 3 is 3.06 bits per heavy atom. The first-order chi connectivity index (χ1) is 7.65. The van der Waals surface area contributed by atoms with Crippen LogP contribution in [-0.2, 0) is 11.2 Å². The third kappa shape index (κ3) is 2.89. The maximum atomic E-state index is 12.0. The maximum Gasteiger partial charge on any atom is 0.155 e. The summed E-state index contributed by atoms with van der Waals surface area (Å²) in [5.74, 6) is 0.847. The van der Waals surface area contributed by atoms with Gasteiger partial charge in [0, 0.05) is 5.69 Å². The molecule has 1 aliphatic rings. The summed E-state index contributed by atoms with van der Waals surface area (Å²) >= 11 is 3.31. The lowest BCUT2D eigenvalue weighted by Crippen LogP contribution is -2.32. The Labute approximate surface area is 104 Å². The van der Waals surface area contributed by atoms with Crippen LogP contribution in [0.3, 0.4) is 0 Å². The van der Waals surface area contributed by atoms with Crippen molar-refractivity contribution < 1.29 is 4.79 Å². The third-order valence-electron chi connectivity index (χ3n) is 2.87. The molecule has 16 heavy (non-hydrogen) atoms. The van der Waals surface area contributed by atoms with Crippen molar-refractivity contribution in [2.75, 3.05) is 6.54 Å². The highest BCUT2D eigenvalue weighted by Crippen LogP contribution is 2.15. The van der Waals surface area contributed by atoms with Crippen molar-refractivity contribution in [1.29, 1.82) is 0 Å².